The van der Waals surface area contributed by atoms with Crippen molar-refractivity contribution in [3.8, 4) is 17.2 Å². The molecule has 2 amide bonds. The summed E-state index contributed by atoms with van der Waals surface area (Å²) >= 11 is 0. The number of piperidine rings is 1. The maximum atomic E-state index is 15.3. The Morgan fingerprint density at radius 2 is 1.92 bits per heavy atom. The lowest BCUT2D eigenvalue weighted by molar-refractivity contribution is -0.206. The van der Waals surface area contributed by atoms with Gasteiger partial charge in [-0.25, -0.2) is 0 Å². The van der Waals surface area contributed by atoms with E-state index >= 15 is 4.79 Å². The second-order valence-electron chi connectivity index (χ2n) is 15.1. The lowest BCUT2D eigenvalue weighted by atomic mass is 9.51. The van der Waals surface area contributed by atoms with E-state index in [0.29, 0.717) is 61.3 Å². The number of nitrogens with one attached hydrogen (secondary N) is 1. The van der Waals surface area contributed by atoms with Crippen molar-refractivity contribution < 1.29 is 38.9 Å². The average Bonchev–Trinajstić information content (AvgIpc) is 3.79. The molecule has 0 aromatic heterocycles. The van der Waals surface area contributed by atoms with Crippen molar-refractivity contribution in [2.75, 3.05) is 36.5 Å². The van der Waals surface area contributed by atoms with E-state index in [9.17, 15) is 24.6 Å². The van der Waals surface area contributed by atoms with Crippen LogP contribution in [0.4, 0.5) is 11.4 Å². The number of Topliss-reactive ketones (excluding diaryl/α,β-unsaturated/α-hetero) is 1. The van der Waals surface area contributed by atoms with Crippen molar-refractivity contribution in [1.82, 2.24) is 10.2 Å². The second-order valence-corrected chi connectivity index (χ2v) is 15.1. The van der Waals surface area contributed by atoms with E-state index in [4.69, 9.17) is 9.47 Å². The first kappa shape index (κ1) is 29.5. The number of hydrogen-bond donors (Lipinski definition) is 3. The summed E-state index contributed by atoms with van der Waals surface area (Å²) in [6.07, 6.45) is 7.14. The number of phenolic OH excluding ortho intramolecular Hbond substituents is 2. The molecule has 2 aromatic carbocycles. The van der Waals surface area contributed by atoms with Gasteiger partial charge in [-0.05, 0) is 55.5 Å². The number of phenols is 2. The smallest absolute Gasteiger partial charge is 0.308 e. The van der Waals surface area contributed by atoms with Gasteiger partial charge in [-0.3, -0.25) is 34.3 Å². The molecular weight excluding hydrogens is 628 g/mol. The Balaban J connectivity index is 1.32. The molecule has 7 aliphatic heterocycles. The van der Waals surface area contributed by atoms with Gasteiger partial charge in [0.05, 0.1) is 47.2 Å². The molecule has 5 fully saturated rings. The Labute approximate surface area is 282 Å². The third kappa shape index (κ3) is 2.85. The minimum absolute atomic E-state index is 0.0748. The SMILES string of the molecule is CCC(=O)N1c2c(cc([C@@]34CCN[C@]5(CCC(=O)N5c5c(O)cccc53)C4=O)c(OC)c2O)[C@]23CCN4CC=C[C@@]5(CC[C@@H]12)CC(=O)O[C@@]453. The third-order valence-corrected chi connectivity index (χ3v) is 13.6. The monoisotopic (exact) mass is 666 g/mol. The zero-order valence-corrected chi connectivity index (χ0v) is 27.5. The van der Waals surface area contributed by atoms with Crippen LogP contribution in [0.3, 0.4) is 0 Å². The molecule has 4 saturated heterocycles. The summed E-state index contributed by atoms with van der Waals surface area (Å²) in [5.41, 5.74) is -3.23. The number of esters is 1. The maximum Gasteiger partial charge on any atom is 0.308 e. The van der Waals surface area contributed by atoms with Gasteiger partial charge in [-0.15, -0.1) is 0 Å². The molecule has 12 heteroatoms. The van der Waals surface area contributed by atoms with Crippen LogP contribution >= 0.6 is 0 Å². The summed E-state index contributed by atoms with van der Waals surface area (Å²) in [5, 5.41) is 27.2. The molecule has 10 rings (SSSR count). The van der Waals surface area contributed by atoms with Gasteiger partial charge < -0.3 is 24.6 Å². The Hall–Kier alpha value is -4.42. The minimum atomic E-state index is -1.42. The number of hydrogen-bond acceptors (Lipinski definition) is 10. The maximum absolute atomic E-state index is 15.3. The first-order chi connectivity index (χ1) is 23.6. The highest BCUT2D eigenvalue weighted by Crippen LogP contribution is 2.74. The molecule has 254 valence electrons. The van der Waals surface area contributed by atoms with Gasteiger partial charge in [-0.1, -0.05) is 31.2 Å². The van der Waals surface area contributed by atoms with Gasteiger partial charge in [0.15, 0.2) is 28.7 Å². The van der Waals surface area contributed by atoms with Crippen LogP contribution in [-0.4, -0.2) is 82.9 Å². The standard InChI is InChI=1S/C37H38N4O8/c1-3-25(43)40-24-8-11-33-10-5-16-39-17-14-35(24,37(33,39)49-27(45)19-33)21-18-22(31(48-2)30(46)29(21)40)34-13-15-38-36(32(34)47)12-9-26(44)41(36)28-20(34)6-4-7-23(28)42/h4-7,10,18,24,38,42,46H,3,8-9,11-17,19H2,1-2H3/t24-,33-,34-,35-,36+,37+/m1/s1. The lowest BCUT2D eigenvalue weighted by Gasteiger charge is -2.59. The van der Waals surface area contributed by atoms with Gasteiger partial charge in [0.1, 0.15) is 5.75 Å². The Bertz CT molecular complexity index is 2000. The summed E-state index contributed by atoms with van der Waals surface area (Å²) in [5.74, 6) is -1.23. The van der Waals surface area contributed by atoms with Crippen LogP contribution in [0.1, 0.15) is 75.0 Å². The molecule has 49 heavy (non-hydrogen) atoms. The molecule has 8 aliphatic rings. The average molecular weight is 667 g/mol. The first-order valence-corrected chi connectivity index (χ1v) is 17.5. The van der Waals surface area contributed by atoms with E-state index in [-0.39, 0.29) is 78.6 Å². The second kappa shape index (κ2) is 9.02. The van der Waals surface area contributed by atoms with E-state index in [1.54, 1.807) is 24.0 Å². The van der Waals surface area contributed by atoms with E-state index in [1.807, 2.05) is 6.07 Å². The van der Waals surface area contributed by atoms with Crippen LogP contribution in [0.15, 0.2) is 36.4 Å². The van der Waals surface area contributed by atoms with Gasteiger partial charge in [0.25, 0.3) is 0 Å². The molecule has 12 nitrogen and oxygen atoms in total. The Morgan fingerprint density at radius 1 is 1.08 bits per heavy atom. The number of benzene rings is 2. The van der Waals surface area contributed by atoms with Crippen LogP contribution in [-0.2, 0) is 34.7 Å². The number of carbonyl (C=O) groups is 4. The topological polar surface area (TPSA) is 149 Å². The molecular formula is C37H38N4O8. The number of fused-ring (bicyclic) bond motifs is 5. The zero-order chi connectivity index (χ0) is 33.9. The molecule has 1 saturated carbocycles. The number of carbonyl (C=O) groups excluding carboxylic acids is 4. The number of anilines is 2. The van der Waals surface area contributed by atoms with Crippen LogP contribution in [0.25, 0.3) is 0 Å². The lowest BCUT2D eigenvalue weighted by Crippen LogP contribution is -2.73. The first-order valence-electron chi connectivity index (χ1n) is 17.5. The number of para-hydroxylation sites is 1. The molecule has 1 aliphatic carbocycles. The van der Waals surface area contributed by atoms with E-state index in [0.717, 1.165) is 0 Å². The van der Waals surface area contributed by atoms with Crippen molar-refractivity contribution in [3.63, 3.8) is 0 Å². The quantitative estimate of drug-likeness (QED) is 0.330. The molecule has 2 aromatic rings. The number of aromatic hydroxyl groups is 2. The van der Waals surface area contributed by atoms with Gasteiger partial charge in [0, 0.05) is 37.9 Å². The van der Waals surface area contributed by atoms with Crippen LogP contribution in [0.2, 0.25) is 0 Å². The predicted molar refractivity (Wildman–Crippen MR) is 174 cm³/mol. The summed E-state index contributed by atoms with van der Waals surface area (Å²) in [6, 6.07) is 6.50. The highest BCUT2D eigenvalue weighted by molar-refractivity contribution is 6.17. The van der Waals surface area contributed by atoms with E-state index < -0.39 is 33.7 Å². The number of nitrogens with zero attached hydrogens (tertiary/aromatic N) is 3. The van der Waals surface area contributed by atoms with Crippen LogP contribution in [0.5, 0.6) is 17.2 Å². The molecule has 0 unspecified atom stereocenters. The molecule has 7 heterocycles. The van der Waals surface area contributed by atoms with Crippen molar-refractivity contribution in [3.05, 3.63) is 53.1 Å². The largest absolute Gasteiger partial charge is 0.506 e. The number of ketones is 1. The zero-order valence-electron chi connectivity index (χ0n) is 27.5. The molecule has 3 spiro atoms. The van der Waals surface area contributed by atoms with Crippen molar-refractivity contribution >= 4 is 34.9 Å². The number of amides is 2. The minimum Gasteiger partial charge on any atom is -0.506 e. The fourth-order valence-corrected chi connectivity index (χ4v) is 12.1. The molecule has 2 bridgehead atoms. The fraction of sp³-hybridized carbons (Fsp3) is 0.514. The Kier molecular flexibility index (Phi) is 5.43. The van der Waals surface area contributed by atoms with E-state index in [1.165, 1.54) is 18.1 Å². The van der Waals surface area contributed by atoms with Gasteiger partial charge in [-0.2, -0.15) is 0 Å². The molecule has 6 atom stereocenters. The van der Waals surface area contributed by atoms with E-state index in [2.05, 4.69) is 22.4 Å². The van der Waals surface area contributed by atoms with Gasteiger partial charge >= 0.3 is 5.97 Å². The third-order valence-electron chi connectivity index (χ3n) is 13.6. The molecule has 0 radical (unpaired) electrons. The number of ether oxygens (including phenoxy) is 2. The van der Waals surface area contributed by atoms with Crippen molar-refractivity contribution in [1.29, 1.82) is 0 Å². The summed E-state index contributed by atoms with van der Waals surface area (Å²) in [7, 11) is 1.44. The van der Waals surface area contributed by atoms with Crippen LogP contribution < -0.4 is 19.9 Å². The van der Waals surface area contributed by atoms with Crippen LogP contribution in [0, 0.1) is 5.41 Å². The summed E-state index contributed by atoms with van der Waals surface area (Å²) < 4.78 is 12.7. The molecule has 3 N–H and O–H groups in total. The normalized spacial score (nSPS) is 37.7. The summed E-state index contributed by atoms with van der Waals surface area (Å²) in [6.45, 7) is 3.38. The number of rotatable bonds is 3. The number of methoxy groups -OCH3 is 1. The highest BCUT2D eigenvalue weighted by atomic mass is 16.6. The van der Waals surface area contributed by atoms with Crippen molar-refractivity contribution in [2.45, 2.75) is 86.5 Å². The van der Waals surface area contributed by atoms with Gasteiger partial charge in [0.2, 0.25) is 11.8 Å². The predicted octanol–water partition coefficient (Wildman–Crippen LogP) is 2.85. The highest BCUT2D eigenvalue weighted by Gasteiger charge is 2.82. The summed E-state index contributed by atoms with van der Waals surface area (Å²) in [4.78, 5) is 61.7. The van der Waals surface area contributed by atoms with Crippen molar-refractivity contribution in [2.24, 2.45) is 5.41 Å². The Morgan fingerprint density at radius 3 is 2.71 bits per heavy atom. The fourth-order valence-electron chi connectivity index (χ4n) is 12.1.